The van der Waals surface area contributed by atoms with E-state index in [2.05, 4.69) is 5.32 Å². The summed E-state index contributed by atoms with van der Waals surface area (Å²) < 4.78 is 26.2. The number of rotatable bonds is 8. The summed E-state index contributed by atoms with van der Waals surface area (Å²) in [6, 6.07) is 7.55. The van der Waals surface area contributed by atoms with Crippen LogP contribution in [0, 0.1) is 10.1 Å². The number of carbonyl (C=O) groups excluding carboxylic acids is 2. The van der Waals surface area contributed by atoms with Crippen LogP contribution in [0.5, 0.6) is 23.0 Å². The standard InChI is InChI=1S/C22H22N2O9/c1-29-15-5-6-18(30-2)14(10-15)4-7-22(26)33-13-21(25)23-16-11-19-20(12-17(16)24(27)28)32-9-3-8-31-19/h4-7,10-12H,3,8-9,13H2,1-2H3,(H,23,25)/b7-4+. The number of nitrogens with zero attached hydrogens (tertiary/aromatic N) is 1. The van der Waals surface area contributed by atoms with Crippen molar-refractivity contribution in [2.45, 2.75) is 6.42 Å². The van der Waals surface area contributed by atoms with Crippen molar-refractivity contribution >= 4 is 29.3 Å². The number of hydrogen-bond acceptors (Lipinski definition) is 9. The highest BCUT2D eigenvalue weighted by atomic mass is 16.6. The number of nitro benzene ring substituents is 1. The molecule has 33 heavy (non-hydrogen) atoms. The van der Waals surface area contributed by atoms with Crippen molar-refractivity contribution in [1.82, 2.24) is 0 Å². The van der Waals surface area contributed by atoms with Gasteiger partial charge in [0.25, 0.3) is 11.6 Å². The Hall–Kier alpha value is -4.28. The van der Waals surface area contributed by atoms with E-state index in [4.69, 9.17) is 23.7 Å². The van der Waals surface area contributed by atoms with Crippen molar-refractivity contribution in [2.75, 3.05) is 39.4 Å². The minimum Gasteiger partial charge on any atom is -0.497 e. The average Bonchev–Trinajstić information content (AvgIpc) is 3.05. The van der Waals surface area contributed by atoms with Gasteiger partial charge in [-0.3, -0.25) is 14.9 Å². The van der Waals surface area contributed by atoms with Gasteiger partial charge in [0.2, 0.25) is 0 Å². The zero-order valence-corrected chi connectivity index (χ0v) is 18.0. The van der Waals surface area contributed by atoms with Crippen LogP contribution in [0.15, 0.2) is 36.4 Å². The number of nitrogens with one attached hydrogen (secondary N) is 1. The lowest BCUT2D eigenvalue weighted by atomic mass is 10.1. The molecule has 0 bridgehead atoms. The maximum absolute atomic E-state index is 12.2. The predicted octanol–water partition coefficient (Wildman–Crippen LogP) is 2.97. The number of esters is 1. The summed E-state index contributed by atoms with van der Waals surface area (Å²) in [5.74, 6) is 0.0398. The smallest absolute Gasteiger partial charge is 0.331 e. The number of nitro groups is 1. The Morgan fingerprint density at radius 1 is 1.12 bits per heavy atom. The monoisotopic (exact) mass is 458 g/mol. The molecule has 0 unspecified atom stereocenters. The summed E-state index contributed by atoms with van der Waals surface area (Å²) in [6.45, 7) is 0.0885. The number of methoxy groups -OCH3 is 2. The van der Waals surface area contributed by atoms with Crippen molar-refractivity contribution in [1.29, 1.82) is 0 Å². The summed E-state index contributed by atoms with van der Waals surface area (Å²) in [5, 5.41) is 13.8. The third-order valence-electron chi connectivity index (χ3n) is 4.52. The summed E-state index contributed by atoms with van der Waals surface area (Å²) in [6.07, 6.45) is 3.20. The van der Waals surface area contributed by atoms with Crippen LogP contribution in [0.25, 0.3) is 6.08 Å². The third-order valence-corrected chi connectivity index (χ3v) is 4.52. The van der Waals surface area contributed by atoms with Gasteiger partial charge in [-0.25, -0.2) is 4.79 Å². The Morgan fingerprint density at radius 2 is 1.85 bits per heavy atom. The molecule has 2 aromatic carbocycles. The zero-order valence-electron chi connectivity index (χ0n) is 18.0. The molecule has 1 amide bonds. The fraction of sp³-hybridized carbons (Fsp3) is 0.273. The van der Waals surface area contributed by atoms with E-state index in [0.29, 0.717) is 36.7 Å². The summed E-state index contributed by atoms with van der Waals surface area (Å²) in [4.78, 5) is 35.0. The molecule has 0 radical (unpaired) electrons. The minimum atomic E-state index is -0.789. The summed E-state index contributed by atoms with van der Waals surface area (Å²) in [5.41, 5.74) is 0.104. The lowest BCUT2D eigenvalue weighted by Crippen LogP contribution is -2.20. The fourth-order valence-corrected chi connectivity index (χ4v) is 2.95. The van der Waals surface area contributed by atoms with E-state index in [1.165, 1.54) is 32.4 Å². The molecule has 1 aliphatic rings. The molecule has 0 fully saturated rings. The van der Waals surface area contributed by atoms with E-state index in [1.807, 2.05) is 0 Å². The number of benzene rings is 2. The number of amides is 1. The first kappa shape index (κ1) is 23.4. The number of carbonyl (C=O) groups is 2. The number of ether oxygens (including phenoxy) is 5. The van der Waals surface area contributed by atoms with Gasteiger partial charge < -0.3 is 29.0 Å². The van der Waals surface area contributed by atoms with Crippen LogP contribution < -0.4 is 24.3 Å². The van der Waals surface area contributed by atoms with Gasteiger partial charge in [0.1, 0.15) is 17.2 Å². The van der Waals surface area contributed by atoms with Crippen LogP contribution in [0.2, 0.25) is 0 Å². The molecule has 0 saturated carbocycles. The fourth-order valence-electron chi connectivity index (χ4n) is 2.95. The van der Waals surface area contributed by atoms with E-state index in [1.54, 1.807) is 18.2 Å². The lowest BCUT2D eigenvalue weighted by Gasteiger charge is -2.11. The van der Waals surface area contributed by atoms with Gasteiger partial charge >= 0.3 is 5.97 Å². The first-order chi connectivity index (χ1) is 15.9. The van der Waals surface area contributed by atoms with Gasteiger partial charge in [-0.15, -0.1) is 0 Å². The molecule has 1 N–H and O–H groups in total. The lowest BCUT2D eigenvalue weighted by molar-refractivity contribution is -0.384. The Bertz CT molecular complexity index is 1080. The van der Waals surface area contributed by atoms with Crippen LogP contribution in [0.4, 0.5) is 11.4 Å². The largest absolute Gasteiger partial charge is 0.497 e. The molecule has 0 aromatic heterocycles. The Kier molecular flexibility index (Phi) is 7.68. The normalized spacial score (nSPS) is 12.5. The highest BCUT2D eigenvalue weighted by Gasteiger charge is 2.23. The molecule has 11 heteroatoms. The van der Waals surface area contributed by atoms with Crippen molar-refractivity contribution < 1.29 is 38.2 Å². The molecule has 0 aliphatic carbocycles. The summed E-state index contributed by atoms with van der Waals surface area (Å²) in [7, 11) is 3.00. The van der Waals surface area contributed by atoms with Crippen LogP contribution in [0.3, 0.4) is 0 Å². The maximum atomic E-state index is 12.2. The third kappa shape index (κ3) is 6.12. The van der Waals surface area contributed by atoms with Crippen molar-refractivity contribution in [3.05, 3.63) is 52.1 Å². The Balaban J connectivity index is 1.63. The molecule has 0 spiro atoms. The van der Waals surface area contributed by atoms with Gasteiger partial charge in [-0.1, -0.05) is 0 Å². The van der Waals surface area contributed by atoms with Gasteiger partial charge in [0.15, 0.2) is 18.1 Å². The van der Waals surface area contributed by atoms with Crippen molar-refractivity contribution in [3.8, 4) is 23.0 Å². The van der Waals surface area contributed by atoms with E-state index in [0.717, 1.165) is 6.08 Å². The number of anilines is 1. The van der Waals surface area contributed by atoms with E-state index >= 15 is 0 Å². The highest BCUT2D eigenvalue weighted by molar-refractivity contribution is 5.96. The second kappa shape index (κ2) is 10.8. The van der Waals surface area contributed by atoms with E-state index < -0.39 is 23.4 Å². The van der Waals surface area contributed by atoms with Crippen molar-refractivity contribution in [3.63, 3.8) is 0 Å². The molecule has 3 rings (SSSR count). The summed E-state index contributed by atoms with van der Waals surface area (Å²) >= 11 is 0. The van der Waals surface area contributed by atoms with E-state index in [-0.39, 0.29) is 22.9 Å². The number of hydrogen-bond donors (Lipinski definition) is 1. The molecule has 11 nitrogen and oxygen atoms in total. The second-order valence-corrected chi connectivity index (χ2v) is 6.72. The maximum Gasteiger partial charge on any atom is 0.331 e. The molecular weight excluding hydrogens is 436 g/mol. The number of fused-ring (bicyclic) bond motifs is 1. The first-order valence-corrected chi connectivity index (χ1v) is 9.86. The minimum absolute atomic E-state index is 0.0954. The first-order valence-electron chi connectivity index (χ1n) is 9.86. The topological polar surface area (TPSA) is 135 Å². The quantitative estimate of drug-likeness (QED) is 0.274. The van der Waals surface area contributed by atoms with Crippen molar-refractivity contribution in [2.24, 2.45) is 0 Å². The van der Waals surface area contributed by atoms with Crippen LogP contribution >= 0.6 is 0 Å². The molecule has 174 valence electrons. The average molecular weight is 458 g/mol. The Morgan fingerprint density at radius 3 is 2.52 bits per heavy atom. The highest BCUT2D eigenvalue weighted by Crippen LogP contribution is 2.39. The SMILES string of the molecule is COc1ccc(OC)c(/C=C/C(=O)OCC(=O)Nc2cc3c(cc2[N+](=O)[O-])OCCCO3)c1. The molecule has 0 atom stereocenters. The Labute approximate surface area is 189 Å². The second-order valence-electron chi connectivity index (χ2n) is 6.72. The molecule has 1 aliphatic heterocycles. The molecule has 0 saturated heterocycles. The van der Waals surface area contributed by atoms with Gasteiger partial charge in [0, 0.05) is 24.1 Å². The predicted molar refractivity (Wildman–Crippen MR) is 117 cm³/mol. The molecule has 1 heterocycles. The van der Waals surface area contributed by atoms with Gasteiger partial charge in [-0.05, 0) is 24.3 Å². The van der Waals surface area contributed by atoms with Crippen LogP contribution in [-0.4, -0.2) is 50.8 Å². The van der Waals surface area contributed by atoms with Crippen LogP contribution in [-0.2, 0) is 14.3 Å². The van der Waals surface area contributed by atoms with E-state index in [9.17, 15) is 19.7 Å². The molecule has 2 aromatic rings. The van der Waals surface area contributed by atoms with Gasteiger partial charge in [0.05, 0.1) is 38.4 Å². The van der Waals surface area contributed by atoms with Gasteiger partial charge in [-0.2, -0.15) is 0 Å². The molecular formula is C22H22N2O9. The van der Waals surface area contributed by atoms with Crippen LogP contribution in [0.1, 0.15) is 12.0 Å². The zero-order chi connectivity index (χ0) is 23.8.